The maximum atomic E-state index is 14.5. The number of ether oxygens (including phenoxy) is 6. The van der Waals surface area contributed by atoms with Crippen LogP contribution in [0.4, 0.5) is 9.59 Å². The number of alkyl carbamates (subject to hydrolysis) is 2. The molecule has 520 valence electrons. The van der Waals surface area contributed by atoms with Crippen LogP contribution in [-0.2, 0) is 62.4 Å². The lowest BCUT2D eigenvalue weighted by atomic mass is 9.84. The normalized spacial score (nSPS) is 14.9. The maximum Gasteiger partial charge on any atom is 0.407 e. The number of piperidine rings is 1. The Morgan fingerprint density at radius 1 is 0.708 bits per heavy atom. The zero-order chi connectivity index (χ0) is 70.2. The number of rotatable bonds is 33. The first-order valence-electron chi connectivity index (χ1n) is 32.8. The van der Waals surface area contributed by atoms with Crippen molar-refractivity contribution in [3.8, 4) is 28.5 Å². The molecule has 0 aliphatic carbocycles. The molecule has 5 aromatic rings. The molecule has 96 heavy (non-hydrogen) atoms. The van der Waals surface area contributed by atoms with Crippen LogP contribution in [0.1, 0.15) is 136 Å². The standard InChI is InChI=1S/C73H98N8O15/c1-13-73(8,9)64(84)67(87)81-40-20-18-28-56(81)68(88)96-58(36-32-49-33-37-59(91-10)60(44-49)92-11)52-25-21-26-53(45-52)94-42-39-75-61(83)29-22-41-95-70(90)78-63(72(5,6)7)66(86)79-80(46-50-30-34-51(35-31-50)54-27-17-19-38-74-54)47-57(82)55(43-48-23-15-14-16-24-48)76-65(85)62(71(2,3)4)77-69(89)93-12/h14-17,19,21,23-27,30-31,33-35,37-38,44-45,55-58,62-63,82H,13,18,20,22,28-29,32,36,39-43,46-47H2,1-12H3,(H,75,83)(H,76,85)(H,77,89)(H,78,90)(H,79,86)/t55-,56-,57?,58+,62?,63?/m0/s1. The quantitative estimate of drug-likeness (QED) is 0.00750. The average molecular weight is 1330 g/mol. The molecule has 23 nitrogen and oxygen atoms in total. The van der Waals surface area contributed by atoms with Crippen molar-refractivity contribution in [3.05, 3.63) is 144 Å². The number of carbonyl (C=O) groups is 8. The molecule has 4 aromatic carbocycles. The molecule has 6 amide bonds. The van der Waals surface area contributed by atoms with E-state index in [2.05, 4.69) is 31.7 Å². The summed E-state index contributed by atoms with van der Waals surface area (Å²) in [6.07, 6.45) is 1.19. The molecule has 0 bridgehead atoms. The third kappa shape index (κ3) is 23.1. The van der Waals surface area contributed by atoms with E-state index in [1.54, 1.807) is 100 Å². The van der Waals surface area contributed by atoms with Gasteiger partial charge in [-0.15, -0.1) is 0 Å². The zero-order valence-electron chi connectivity index (χ0n) is 57.6. The molecule has 1 aliphatic rings. The first-order chi connectivity index (χ1) is 45.6. The largest absolute Gasteiger partial charge is 0.493 e. The van der Waals surface area contributed by atoms with Gasteiger partial charge in [0.15, 0.2) is 11.5 Å². The summed E-state index contributed by atoms with van der Waals surface area (Å²) in [5.74, 6) is -1.78. The van der Waals surface area contributed by atoms with E-state index >= 15 is 0 Å². The van der Waals surface area contributed by atoms with Crippen LogP contribution in [0.5, 0.6) is 17.2 Å². The molecule has 1 fully saturated rings. The topological polar surface area (TPSA) is 292 Å². The molecular formula is C73H98N8O15. The van der Waals surface area contributed by atoms with E-state index in [0.29, 0.717) is 61.3 Å². The Bertz CT molecular complexity index is 3370. The Hall–Kier alpha value is -9.09. The minimum atomic E-state index is -1.32. The van der Waals surface area contributed by atoms with E-state index < -0.39 is 94.3 Å². The minimum absolute atomic E-state index is 0.00187. The number of Topliss-reactive ketones (excluding diaryl/α,β-unsaturated/α-hetero) is 1. The van der Waals surface area contributed by atoms with Crippen LogP contribution in [-0.4, -0.2) is 152 Å². The fraction of sp³-hybridized carbons (Fsp3) is 0.493. The predicted molar refractivity (Wildman–Crippen MR) is 362 cm³/mol. The smallest absolute Gasteiger partial charge is 0.407 e. The minimum Gasteiger partial charge on any atom is -0.493 e. The molecule has 1 aromatic heterocycles. The second kappa shape index (κ2) is 36.1. The number of hydrogen-bond donors (Lipinski definition) is 6. The number of likely N-dealkylation sites (tertiary alicyclic amines) is 1. The second-order valence-corrected chi connectivity index (χ2v) is 26.8. The van der Waals surface area contributed by atoms with Gasteiger partial charge in [0, 0.05) is 43.2 Å². The van der Waals surface area contributed by atoms with E-state index in [1.165, 1.54) is 17.0 Å². The number of aryl methyl sites for hydroxylation is 1. The van der Waals surface area contributed by atoms with Gasteiger partial charge in [-0.2, -0.15) is 0 Å². The number of aromatic nitrogens is 1. The number of pyridine rings is 1. The molecular weight excluding hydrogens is 1230 g/mol. The molecule has 2 heterocycles. The fourth-order valence-electron chi connectivity index (χ4n) is 10.9. The average Bonchev–Trinajstić information content (AvgIpc) is 0.855. The number of carbonyl (C=O) groups excluding carboxylic acids is 8. The molecule has 0 spiro atoms. The Kier molecular flexibility index (Phi) is 28.6. The second-order valence-electron chi connectivity index (χ2n) is 26.8. The molecule has 6 atom stereocenters. The van der Waals surface area contributed by atoms with Gasteiger partial charge in [0.05, 0.1) is 52.3 Å². The number of nitrogens with one attached hydrogen (secondary N) is 5. The van der Waals surface area contributed by atoms with Crippen molar-refractivity contribution in [2.24, 2.45) is 16.2 Å². The van der Waals surface area contributed by atoms with Crippen LogP contribution in [0.15, 0.2) is 121 Å². The number of benzene rings is 4. The van der Waals surface area contributed by atoms with Crippen LogP contribution in [0, 0.1) is 16.2 Å². The van der Waals surface area contributed by atoms with E-state index in [4.69, 9.17) is 28.4 Å². The van der Waals surface area contributed by atoms with Crippen LogP contribution >= 0.6 is 0 Å². The molecule has 1 saturated heterocycles. The van der Waals surface area contributed by atoms with Crippen molar-refractivity contribution in [2.75, 3.05) is 54.2 Å². The number of ketones is 1. The number of hydrogen-bond acceptors (Lipinski definition) is 17. The van der Waals surface area contributed by atoms with Crippen molar-refractivity contribution in [1.82, 2.24) is 41.6 Å². The Balaban J connectivity index is 1.06. The van der Waals surface area contributed by atoms with Gasteiger partial charge in [-0.1, -0.05) is 141 Å². The van der Waals surface area contributed by atoms with Crippen molar-refractivity contribution >= 4 is 47.6 Å². The summed E-state index contributed by atoms with van der Waals surface area (Å²) in [7, 11) is 4.31. The molecule has 0 radical (unpaired) electrons. The summed E-state index contributed by atoms with van der Waals surface area (Å²) in [4.78, 5) is 115. The summed E-state index contributed by atoms with van der Waals surface area (Å²) in [6, 6.07) is 31.0. The number of esters is 1. The molecule has 3 unspecified atom stereocenters. The van der Waals surface area contributed by atoms with Gasteiger partial charge in [-0.3, -0.25) is 34.4 Å². The van der Waals surface area contributed by atoms with Gasteiger partial charge < -0.3 is 59.7 Å². The van der Waals surface area contributed by atoms with E-state index in [1.807, 2.05) is 97.9 Å². The van der Waals surface area contributed by atoms with E-state index in [9.17, 15) is 43.5 Å². The molecule has 6 rings (SSSR count). The lowest BCUT2D eigenvalue weighted by Crippen LogP contribution is -2.60. The molecule has 0 saturated carbocycles. The van der Waals surface area contributed by atoms with Crippen molar-refractivity contribution in [1.29, 1.82) is 0 Å². The van der Waals surface area contributed by atoms with Gasteiger partial charge in [-0.25, -0.2) is 19.4 Å². The number of aliphatic hydroxyl groups is 1. The third-order valence-corrected chi connectivity index (χ3v) is 16.9. The number of aliphatic hydroxyl groups excluding tert-OH is 1. The number of nitrogens with zero attached hydrogens (tertiary/aromatic N) is 3. The highest BCUT2D eigenvalue weighted by Gasteiger charge is 2.42. The van der Waals surface area contributed by atoms with Crippen molar-refractivity contribution < 1.29 is 71.9 Å². The number of methoxy groups -OCH3 is 3. The van der Waals surface area contributed by atoms with Crippen LogP contribution in [0.3, 0.4) is 0 Å². The summed E-state index contributed by atoms with van der Waals surface area (Å²) in [5.41, 5.74) is 5.11. The van der Waals surface area contributed by atoms with Crippen LogP contribution in [0.2, 0.25) is 0 Å². The van der Waals surface area contributed by atoms with Gasteiger partial charge in [-0.05, 0) is 121 Å². The Morgan fingerprint density at radius 3 is 2.04 bits per heavy atom. The molecule has 6 N–H and O–H groups in total. The predicted octanol–water partition coefficient (Wildman–Crippen LogP) is 9.18. The van der Waals surface area contributed by atoms with E-state index in [-0.39, 0.29) is 64.6 Å². The highest BCUT2D eigenvalue weighted by molar-refractivity contribution is 6.38. The molecule has 23 heteroatoms. The fourth-order valence-corrected chi connectivity index (χ4v) is 10.9. The summed E-state index contributed by atoms with van der Waals surface area (Å²) in [5, 5.41) is 24.8. The zero-order valence-corrected chi connectivity index (χ0v) is 57.6. The van der Waals surface area contributed by atoms with Gasteiger partial charge in [0.2, 0.25) is 17.6 Å². The van der Waals surface area contributed by atoms with Crippen LogP contribution in [0.25, 0.3) is 11.3 Å². The summed E-state index contributed by atoms with van der Waals surface area (Å²) < 4.78 is 33.7. The highest BCUT2D eigenvalue weighted by atomic mass is 16.6. The first kappa shape index (κ1) is 75.9. The number of amides is 6. The Morgan fingerprint density at radius 2 is 1.39 bits per heavy atom. The van der Waals surface area contributed by atoms with Gasteiger partial charge >= 0.3 is 18.2 Å². The van der Waals surface area contributed by atoms with Gasteiger partial charge in [0.1, 0.15) is 36.6 Å². The maximum absolute atomic E-state index is 14.5. The SMILES string of the molecule is CCC(C)(C)C(=O)C(=O)N1CCCC[C@H]1C(=O)O[C@H](CCc1ccc(OC)c(OC)c1)c1cccc(OCCNC(=O)CCCOC(=O)NC(C(=O)NN(Cc2ccc(-c3ccccn3)cc2)CC(O)[C@H](Cc2ccccc2)NC(=O)C(NC(=O)OC)C(C)(C)C)C(C)(C)C)c1. The van der Waals surface area contributed by atoms with Crippen molar-refractivity contribution in [3.63, 3.8) is 0 Å². The first-order valence-corrected chi connectivity index (χ1v) is 32.8. The lowest BCUT2D eigenvalue weighted by Gasteiger charge is -2.36. The lowest BCUT2D eigenvalue weighted by molar-refractivity contribution is -0.164. The third-order valence-electron chi connectivity index (χ3n) is 16.9. The van der Waals surface area contributed by atoms with Crippen LogP contribution < -0.4 is 40.9 Å². The number of hydrazine groups is 1. The molecule has 1 aliphatic heterocycles. The van der Waals surface area contributed by atoms with Crippen molar-refractivity contribution in [2.45, 2.75) is 163 Å². The summed E-state index contributed by atoms with van der Waals surface area (Å²) in [6.45, 7) is 16.1. The Labute approximate surface area is 564 Å². The van der Waals surface area contributed by atoms with E-state index in [0.717, 1.165) is 27.9 Å². The summed E-state index contributed by atoms with van der Waals surface area (Å²) >= 11 is 0. The monoisotopic (exact) mass is 1330 g/mol. The highest BCUT2D eigenvalue weighted by Crippen LogP contribution is 2.34. The van der Waals surface area contributed by atoms with Gasteiger partial charge in [0.25, 0.3) is 11.8 Å².